The van der Waals surface area contributed by atoms with E-state index in [1.165, 1.54) is 0 Å². The Morgan fingerprint density at radius 1 is 1.62 bits per heavy atom. The standard InChI is InChI=1S/C8H13N3O2/c1-5(2)10-7(12)6-3-4-9-8(13)11-6/h3,5H,4H2,1-2H3,(H,10,12)(H2,9,11,13). The summed E-state index contributed by atoms with van der Waals surface area (Å²) < 4.78 is 0. The second-order valence-electron chi connectivity index (χ2n) is 3.08. The summed E-state index contributed by atoms with van der Waals surface area (Å²) in [5.74, 6) is -0.246. The Hall–Kier alpha value is -1.52. The molecule has 0 unspecified atom stereocenters. The van der Waals surface area contributed by atoms with E-state index in [9.17, 15) is 9.59 Å². The van der Waals surface area contributed by atoms with Crippen LogP contribution < -0.4 is 16.0 Å². The number of urea groups is 1. The summed E-state index contributed by atoms with van der Waals surface area (Å²) in [6.07, 6.45) is 1.64. The Kier molecular flexibility index (Phi) is 2.89. The van der Waals surface area contributed by atoms with Crippen LogP contribution in [-0.2, 0) is 4.79 Å². The van der Waals surface area contributed by atoms with Crippen LogP contribution in [0.2, 0.25) is 0 Å². The number of carbonyl (C=O) groups is 2. The van der Waals surface area contributed by atoms with Crippen LogP contribution in [0.5, 0.6) is 0 Å². The third-order valence-corrected chi connectivity index (χ3v) is 1.48. The van der Waals surface area contributed by atoms with Gasteiger partial charge < -0.3 is 16.0 Å². The SMILES string of the molecule is CC(C)NC(=O)C1=CCNC(=O)N1. The van der Waals surface area contributed by atoms with Gasteiger partial charge in [0.25, 0.3) is 5.91 Å². The molecule has 5 nitrogen and oxygen atoms in total. The van der Waals surface area contributed by atoms with Gasteiger partial charge in [-0.15, -0.1) is 0 Å². The second-order valence-corrected chi connectivity index (χ2v) is 3.08. The third kappa shape index (κ3) is 2.77. The monoisotopic (exact) mass is 183 g/mol. The molecule has 0 aromatic rings. The van der Waals surface area contributed by atoms with Gasteiger partial charge in [-0.25, -0.2) is 4.79 Å². The Bertz CT molecular complexity index is 258. The van der Waals surface area contributed by atoms with Crippen LogP contribution in [0, 0.1) is 0 Å². The molecule has 0 saturated heterocycles. The first kappa shape index (κ1) is 9.57. The molecular weight excluding hydrogens is 170 g/mol. The number of rotatable bonds is 2. The van der Waals surface area contributed by atoms with Gasteiger partial charge in [-0.1, -0.05) is 0 Å². The quantitative estimate of drug-likeness (QED) is 0.550. The summed E-state index contributed by atoms with van der Waals surface area (Å²) >= 11 is 0. The molecule has 5 heteroatoms. The van der Waals surface area contributed by atoms with Crippen LogP contribution >= 0.6 is 0 Å². The minimum Gasteiger partial charge on any atom is -0.349 e. The normalized spacial score (nSPS) is 15.9. The summed E-state index contributed by atoms with van der Waals surface area (Å²) in [5.41, 5.74) is 0.317. The topological polar surface area (TPSA) is 70.2 Å². The number of hydrogen-bond donors (Lipinski definition) is 3. The van der Waals surface area contributed by atoms with Crippen molar-refractivity contribution in [2.75, 3.05) is 6.54 Å². The van der Waals surface area contributed by atoms with Gasteiger partial charge in [0.05, 0.1) is 0 Å². The minimum atomic E-state index is -0.337. The molecule has 3 N–H and O–H groups in total. The molecule has 13 heavy (non-hydrogen) atoms. The molecule has 1 rings (SSSR count). The molecule has 0 aliphatic carbocycles. The maximum Gasteiger partial charge on any atom is 0.319 e. The zero-order valence-electron chi connectivity index (χ0n) is 7.68. The van der Waals surface area contributed by atoms with Crippen molar-refractivity contribution < 1.29 is 9.59 Å². The van der Waals surface area contributed by atoms with Crippen molar-refractivity contribution in [3.8, 4) is 0 Å². The molecule has 0 aromatic carbocycles. The molecule has 72 valence electrons. The molecule has 0 radical (unpaired) electrons. The van der Waals surface area contributed by atoms with Gasteiger partial charge in [0.1, 0.15) is 5.70 Å². The Morgan fingerprint density at radius 2 is 2.31 bits per heavy atom. The third-order valence-electron chi connectivity index (χ3n) is 1.48. The maximum atomic E-state index is 11.3. The molecular formula is C8H13N3O2. The molecule has 3 amide bonds. The van der Waals surface area contributed by atoms with Gasteiger partial charge in [-0.3, -0.25) is 4.79 Å². The highest BCUT2D eigenvalue weighted by Crippen LogP contribution is 1.94. The predicted molar refractivity (Wildman–Crippen MR) is 47.9 cm³/mol. The van der Waals surface area contributed by atoms with Gasteiger partial charge in [0, 0.05) is 12.6 Å². The summed E-state index contributed by atoms with van der Waals surface area (Å²) in [6, 6.07) is -0.267. The highest BCUT2D eigenvalue weighted by molar-refractivity contribution is 5.98. The fraction of sp³-hybridized carbons (Fsp3) is 0.500. The van der Waals surface area contributed by atoms with Crippen LogP contribution in [0.25, 0.3) is 0 Å². The highest BCUT2D eigenvalue weighted by atomic mass is 16.2. The largest absolute Gasteiger partial charge is 0.349 e. The van der Waals surface area contributed by atoms with Crippen molar-refractivity contribution in [1.29, 1.82) is 0 Å². The Morgan fingerprint density at radius 3 is 2.85 bits per heavy atom. The van der Waals surface area contributed by atoms with Crippen molar-refractivity contribution in [1.82, 2.24) is 16.0 Å². The van der Waals surface area contributed by atoms with Gasteiger partial charge >= 0.3 is 6.03 Å². The Labute approximate surface area is 76.6 Å². The number of carbonyl (C=O) groups excluding carboxylic acids is 2. The number of amides is 3. The van der Waals surface area contributed by atoms with Gasteiger partial charge in [0.2, 0.25) is 0 Å². The van der Waals surface area contributed by atoms with E-state index in [0.29, 0.717) is 12.2 Å². The molecule has 0 atom stereocenters. The molecule has 1 aliphatic heterocycles. The van der Waals surface area contributed by atoms with Crippen molar-refractivity contribution in [2.45, 2.75) is 19.9 Å². The van der Waals surface area contributed by atoms with Gasteiger partial charge in [0.15, 0.2) is 0 Å². The van der Waals surface area contributed by atoms with Crippen LogP contribution in [0.3, 0.4) is 0 Å². The van der Waals surface area contributed by atoms with Gasteiger partial charge in [-0.05, 0) is 19.9 Å². The fourth-order valence-electron chi connectivity index (χ4n) is 0.953. The highest BCUT2D eigenvalue weighted by Gasteiger charge is 2.15. The zero-order valence-corrected chi connectivity index (χ0v) is 7.68. The summed E-state index contributed by atoms with van der Waals surface area (Å²) in [5, 5.41) is 7.62. The lowest BCUT2D eigenvalue weighted by atomic mass is 10.3. The summed E-state index contributed by atoms with van der Waals surface area (Å²) in [4.78, 5) is 22.2. The Balaban J connectivity index is 2.56. The lowest BCUT2D eigenvalue weighted by Gasteiger charge is -2.16. The van der Waals surface area contributed by atoms with E-state index < -0.39 is 0 Å². The molecule has 0 fully saturated rings. The van der Waals surface area contributed by atoms with Crippen molar-refractivity contribution >= 4 is 11.9 Å². The van der Waals surface area contributed by atoms with Crippen molar-refractivity contribution in [2.24, 2.45) is 0 Å². The lowest BCUT2D eigenvalue weighted by Crippen LogP contribution is -2.45. The molecule has 0 bridgehead atoms. The van der Waals surface area contributed by atoms with E-state index >= 15 is 0 Å². The fourth-order valence-corrected chi connectivity index (χ4v) is 0.953. The van der Waals surface area contributed by atoms with E-state index in [2.05, 4.69) is 16.0 Å². The first-order chi connectivity index (χ1) is 6.09. The minimum absolute atomic E-state index is 0.0696. The van der Waals surface area contributed by atoms with E-state index in [1.54, 1.807) is 6.08 Å². The van der Waals surface area contributed by atoms with E-state index in [-0.39, 0.29) is 18.0 Å². The summed E-state index contributed by atoms with van der Waals surface area (Å²) in [7, 11) is 0. The second kappa shape index (κ2) is 3.93. The van der Waals surface area contributed by atoms with E-state index in [0.717, 1.165) is 0 Å². The van der Waals surface area contributed by atoms with Crippen molar-refractivity contribution in [3.63, 3.8) is 0 Å². The van der Waals surface area contributed by atoms with Crippen molar-refractivity contribution in [3.05, 3.63) is 11.8 Å². The lowest BCUT2D eigenvalue weighted by molar-refractivity contribution is -0.118. The van der Waals surface area contributed by atoms with E-state index in [1.807, 2.05) is 13.8 Å². The zero-order chi connectivity index (χ0) is 9.84. The number of hydrogen-bond acceptors (Lipinski definition) is 2. The molecule has 0 aromatic heterocycles. The average molecular weight is 183 g/mol. The molecule has 1 aliphatic rings. The first-order valence-electron chi connectivity index (χ1n) is 4.15. The summed E-state index contributed by atoms with van der Waals surface area (Å²) in [6.45, 7) is 4.12. The van der Waals surface area contributed by atoms with Crippen LogP contribution in [-0.4, -0.2) is 24.5 Å². The van der Waals surface area contributed by atoms with Crippen LogP contribution in [0.15, 0.2) is 11.8 Å². The predicted octanol–water partition coefficient (Wildman–Crippen LogP) is -0.292. The molecule has 1 heterocycles. The number of nitrogens with one attached hydrogen (secondary N) is 3. The van der Waals surface area contributed by atoms with E-state index in [4.69, 9.17) is 0 Å². The van der Waals surface area contributed by atoms with Crippen LogP contribution in [0.4, 0.5) is 4.79 Å². The average Bonchev–Trinajstić information content (AvgIpc) is 2.03. The first-order valence-corrected chi connectivity index (χ1v) is 4.15. The maximum absolute atomic E-state index is 11.3. The van der Waals surface area contributed by atoms with Crippen LogP contribution in [0.1, 0.15) is 13.8 Å². The van der Waals surface area contributed by atoms with Gasteiger partial charge in [-0.2, -0.15) is 0 Å². The smallest absolute Gasteiger partial charge is 0.319 e. The molecule has 0 spiro atoms. The molecule has 0 saturated carbocycles.